The molecule has 0 aromatic heterocycles. The van der Waals surface area contributed by atoms with E-state index in [1.165, 1.54) is 44.1 Å². The highest BCUT2D eigenvalue weighted by atomic mass is 16.5. The van der Waals surface area contributed by atoms with Gasteiger partial charge in [0, 0.05) is 11.8 Å². The Morgan fingerprint density at radius 2 is 1.82 bits per heavy atom. The molecular weight excluding hydrogens is 210 g/mol. The quantitative estimate of drug-likeness (QED) is 0.634. The molecular formula is C15H23NO. The fraction of sp³-hybridized carbons (Fsp3) is 0.600. The average molecular weight is 233 g/mol. The van der Waals surface area contributed by atoms with Crippen molar-refractivity contribution in [2.45, 2.75) is 45.4 Å². The molecule has 17 heavy (non-hydrogen) atoms. The Kier molecular flexibility index (Phi) is 4.29. The molecule has 2 N–H and O–H groups in total. The molecule has 94 valence electrons. The Balaban J connectivity index is 1.87. The van der Waals surface area contributed by atoms with Gasteiger partial charge in [0.2, 0.25) is 0 Å². The summed E-state index contributed by atoms with van der Waals surface area (Å²) in [6.07, 6.45) is 8.17. The van der Waals surface area contributed by atoms with Crippen LogP contribution < -0.4 is 10.5 Å². The van der Waals surface area contributed by atoms with Crippen LogP contribution in [0.4, 0.5) is 5.69 Å². The summed E-state index contributed by atoms with van der Waals surface area (Å²) in [6.45, 7) is 2.90. The number of hydrogen-bond acceptors (Lipinski definition) is 2. The van der Waals surface area contributed by atoms with Gasteiger partial charge in [0.1, 0.15) is 5.75 Å². The fourth-order valence-corrected chi connectivity index (χ4v) is 2.60. The van der Waals surface area contributed by atoms with Crippen molar-refractivity contribution in [3.05, 3.63) is 23.8 Å². The molecule has 0 radical (unpaired) electrons. The van der Waals surface area contributed by atoms with E-state index in [1.54, 1.807) is 0 Å². The summed E-state index contributed by atoms with van der Waals surface area (Å²) in [4.78, 5) is 0. The van der Waals surface area contributed by atoms with Gasteiger partial charge in [-0.2, -0.15) is 0 Å². The van der Waals surface area contributed by atoms with E-state index in [-0.39, 0.29) is 0 Å². The summed E-state index contributed by atoms with van der Waals surface area (Å²) in [5.41, 5.74) is 7.77. The lowest BCUT2D eigenvalue weighted by Crippen LogP contribution is -2.11. The van der Waals surface area contributed by atoms with Gasteiger partial charge in [-0.25, -0.2) is 0 Å². The average Bonchev–Trinajstić information content (AvgIpc) is 2.53. The van der Waals surface area contributed by atoms with Crippen LogP contribution in [0, 0.1) is 12.8 Å². The van der Waals surface area contributed by atoms with Crippen molar-refractivity contribution >= 4 is 5.69 Å². The van der Waals surface area contributed by atoms with Crippen LogP contribution in [0.2, 0.25) is 0 Å². The van der Waals surface area contributed by atoms with E-state index in [0.29, 0.717) is 0 Å². The lowest BCUT2D eigenvalue weighted by Gasteiger charge is -2.15. The summed E-state index contributed by atoms with van der Waals surface area (Å²) in [5.74, 6) is 1.66. The summed E-state index contributed by atoms with van der Waals surface area (Å²) < 4.78 is 5.88. The highest BCUT2D eigenvalue weighted by Crippen LogP contribution is 2.25. The Labute approximate surface area is 104 Å². The van der Waals surface area contributed by atoms with Gasteiger partial charge >= 0.3 is 0 Å². The molecule has 1 saturated carbocycles. The van der Waals surface area contributed by atoms with Crippen molar-refractivity contribution in [3.63, 3.8) is 0 Å². The molecule has 0 aliphatic heterocycles. The number of benzene rings is 1. The number of aryl methyl sites for hydroxylation is 1. The minimum absolute atomic E-state index is 0.735. The molecule has 0 heterocycles. The molecule has 1 aromatic carbocycles. The molecule has 0 saturated heterocycles. The molecule has 1 fully saturated rings. The van der Waals surface area contributed by atoms with Gasteiger partial charge < -0.3 is 10.5 Å². The number of ether oxygens (including phenoxy) is 1. The Hall–Kier alpha value is -1.18. The Morgan fingerprint density at radius 1 is 1.12 bits per heavy atom. The normalized spacial score (nSPS) is 17.7. The molecule has 1 aliphatic carbocycles. The lowest BCUT2D eigenvalue weighted by molar-refractivity contribution is 0.234. The molecule has 0 atom stereocenters. The number of nitrogen functional groups attached to an aromatic ring is 1. The molecule has 2 heteroatoms. The standard InChI is InChI=1S/C15H23NO/c1-12-8-14(16)10-15(9-12)17-11-13-6-4-2-3-5-7-13/h8-10,13H,2-7,11,16H2,1H3. The van der Waals surface area contributed by atoms with E-state index in [2.05, 4.69) is 13.0 Å². The maximum atomic E-state index is 5.88. The summed E-state index contributed by atoms with van der Waals surface area (Å²) in [5, 5.41) is 0. The second-order valence-corrected chi connectivity index (χ2v) is 5.25. The van der Waals surface area contributed by atoms with Gasteiger partial charge in [0.25, 0.3) is 0 Å². The van der Waals surface area contributed by atoms with E-state index in [1.807, 2.05) is 12.1 Å². The topological polar surface area (TPSA) is 35.2 Å². The zero-order valence-corrected chi connectivity index (χ0v) is 10.7. The lowest BCUT2D eigenvalue weighted by atomic mass is 10.0. The van der Waals surface area contributed by atoms with Crippen molar-refractivity contribution in [1.82, 2.24) is 0 Å². The van der Waals surface area contributed by atoms with Crippen LogP contribution in [0.1, 0.15) is 44.1 Å². The van der Waals surface area contributed by atoms with Gasteiger partial charge in [0.15, 0.2) is 0 Å². The number of nitrogens with two attached hydrogens (primary N) is 1. The van der Waals surface area contributed by atoms with Crippen molar-refractivity contribution in [2.24, 2.45) is 5.92 Å². The number of rotatable bonds is 3. The molecule has 1 aromatic rings. The van der Waals surface area contributed by atoms with Crippen LogP contribution in [-0.4, -0.2) is 6.61 Å². The van der Waals surface area contributed by atoms with Crippen LogP contribution in [-0.2, 0) is 0 Å². The Morgan fingerprint density at radius 3 is 2.47 bits per heavy atom. The molecule has 2 nitrogen and oxygen atoms in total. The largest absolute Gasteiger partial charge is 0.493 e. The third-order valence-corrected chi connectivity index (χ3v) is 3.53. The van der Waals surface area contributed by atoms with Gasteiger partial charge in [-0.05, 0) is 43.4 Å². The summed E-state index contributed by atoms with van der Waals surface area (Å²) in [6, 6.07) is 5.95. The van der Waals surface area contributed by atoms with E-state index in [0.717, 1.165) is 24.0 Å². The highest BCUT2D eigenvalue weighted by molar-refractivity contribution is 5.47. The molecule has 0 amide bonds. The first-order valence-electron chi connectivity index (χ1n) is 6.74. The molecule has 2 rings (SSSR count). The smallest absolute Gasteiger partial charge is 0.121 e. The van der Waals surface area contributed by atoms with E-state index in [9.17, 15) is 0 Å². The van der Waals surface area contributed by atoms with E-state index >= 15 is 0 Å². The van der Waals surface area contributed by atoms with Gasteiger partial charge in [-0.15, -0.1) is 0 Å². The predicted octanol–water partition coefficient (Wildman–Crippen LogP) is 3.93. The third kappa shape index (κ3) is 3.95. The molecule has 0 bridgehead atoms. The van der Waals surface area contributed by atoms with Crippen molar-refractivity contribution in [1.29, 1.82) is 0 Å². The molecule has 1 aliphatic rings. The van der Waals surface area contributed by atoms with Crippen molar-refractivity contribution in [3.8, 4) is 5.75 Å². The first kappa shape index (κ1) is 12.3. The van der Waals surface area contributed by atoms with Crippen LogP contribution in [0.25, 0.3) is 0 Å². The highest BCUT2D eigenvalue weighted by Gasteiger charge is 2.12. The maximum Gasteiger partial charge on any atom is 0.121 e. The predicted molar refractivity (Wildman–Crippen MR) is 72.3 cm³/mol. The van der Waals surface area contributed by atoms with Crippen LogP contribution in [0.15, 0.2) is 18.2 Å². The first-order valence-corrected chi connectivity index (χ1v) is 6.74. The summed E-state index contributed by atoms with van der Waals surface area (Å²) in [7, 11) is 0. The monoisotopic (exact) mass is 233 g/mol. The second kappa shape index (κ2) is 5.95. The van der Waals surface area contributed by atoms with Crippen LogP contribution in [0.5, 0.6) is 5.75 Å². The van der Waals surface area contributed by atoms with Gasteiger partial charge in [-0.1, -0.05) is 25.7 Å². The SMILES string of the molecule is Cc1cc(N)cc(OCC2CCCCCC2)c1. The summed E-state index contributed by atoms with van der Waals surface area (Å²) >= 11 is 0. The maximum absolute atomic E-state index is 5.88. The minimum Gasteiger partial charge on any atom is -0.493 e. The van der Waals surface area contributed by atoms with Gasteiger partial charge in [-0.3, -0.25) is 0 Å². The molecule has 0 spiro atoms. The minimum atomic E-state index is 0.735. The van der Waals surface area contributed by atoms with Crippen LogP contribution >= 0.6 is 0 Å². The zero-order valence-electron chi connectivity index (χ0n) is 10.7. The fourth-order valence-electron chi connectivity index (χ4n) is 2.60. The number of anilines is 1. The first-order chi connectivity index (χ1) is 8.24. The third-order valence-electron chi connectivity index (χ3n) is 3.53. The zero-order chi connectivity index (χ0) is 12.1. The van der Waals surface area contributed by atoms with Gasteiger partial charge in [0.05, 0.1) is 6.61 Å². The molecule has 0 unspecified atom stereocenters. The van der Waals surface area contributed by atoms with E-state index < -0.39 is 0 Å². The van der Waals surface area contributed by atoms with Crippen molar-refractivity contribution in [2.75, 3.05) is 12.3 Å². The Bertz CT molecular complexity index is 334. The number of hydrogen-bond donors (Lipinski definition) is 1. The van der Waals surface area contributed by atoms with Crippen molar-refractivity contribution < 1.29 is 4.74 Å². The second-order valence-electron chi connectivity index (χ2n) is 5.25. The van der Waals surface area contributed by atoms with Crippen LogP contribution in [0.3, 0.4) is 0 Å². The van der Waals surface area contributed by atoms with E-state index in [4.69, 9.17) is 10.5 Å².